The molecule has 0 spiro atoms. The smallest absolute Gasteiger partial charge is 0.486 e. The number of carboxylic acid groups (broad SMARTS) is 2. The first kappa shape index (κ1) is 23.4. The molecule has 1 saturated carbocycles. The van der Waals surface area contributed by atoms with Gasteiger partial charge in [-0.3, -0.25) is 0 Å². The minimum Gasteiger partial charge on any atom is -0.486 e. The van der Waals surface area contributed by atoms with Gasteiger partial charge in [0.05, 0.1) is 9.72 Å². The number of rotatable bonds is 5. The summed E-state index contributed by atoms with van der Waals surface area (Å²) in [4.78, 5) is 19.3. The van der Waals surface area contributed by atoms with Crippen LogP contribution in [-0.2, 0) is 6.42 Å². The number of anilines is 1. The molecule has 176 valence electrons. The van der Waals surface area contributed by atoms with Crippen LogP contribution in [0.4, 0.5) is 10.6 Å². The summed E-state index contributed by atoms with van der Waals surface area (Å²) in [5, 5.41) is 18.5. The van der Waals surface area contributed by atoms with Crippen LogP contribution in [0.1, 0.15) is 49.4 Å². The Balaban J connectivity index is 0.000000601. The monoisotopic (exact) mass is 491 g/mol. The highest BCUT2D eigenvalue weighted by Crippen LogP contribution is 2.37. The van der Waals surface area contributed by atoms with Crippen LogP contribution in [-0.4, -0.2) is 46.1 Å². The fourth-order valence-electron chi connectivity index (χ4n) is 4.16. The van der Waals surface area contributed by atoms with Crippen molar-refractivity contribution in [3.8, 4) is 11.5 Å². The molecule has 1 aliphatic heterocycles. The third-order valence-corrected chi connectivity index (χ3v) is 6.82. The lowest BCUT2D eigenvalue weighted by atomic mass is 9.89. The fourth-order valence-corrected chi connectivity index (χ4v) is 5.25. The van der Waals surface area contributed by atoms with Crippen molar-refractivity contribution in [3.63, 3.8) is 0 Å². The molecular weight excluding hydrogens is 466 g/mol. The van der Waals surface area contributed by atoms with Gasteiger partial charge in [0.15, 0.2) is 11.5 Å². The third-order valence-electron chi connectivity index (χ3n) is 5.66. The van der Waals surface area contributed by atoms with Crippen molar-refractivity contribution in [1.29, 1.82) is 0 Å². The number of nitrogens with one attached hydrogen (secondary N) is 1. The van der Waals surface area contributed by atoms with E-state index in [1.807, 2.05) is 12.1 Å². The molecule has 0 unspecified atom stereocenters. The molecule has 0 amide bonds. The average molecular weight is 492 g/mol. The summed E-state index contributed by atoms with van der Waals surface area (Å²) >= 11 is 7.82. The summed E-state index contributed by atoms with van der Waals surface area (Å²) in [5.74, 6) is 4.00. The van der Waals surface area contributed by atoms with Gasteiger partial charge in [0.1, 0.15) is 29.7 Å². The lowest BCUT2D eigenvalue weighted by Crippen LogP contribution is -2.15. The Labute approximate surface area is 200 Å². The standard InChI is InChI=1S/C22H24ClN3O2S.CH2O3/c23-19-13-16-21(25-20(26-22(16)29-19)15-4-2-1-3-5-15)24-9-8-14-6-7-17-18(12-14)28-11-10-27-17;2-1(3)4/h6-7,12-13,15H,1-5,8-11H2,(H,24,25,26);(H2,2,3,4). The van der Waals surface area contributed by atoms with E-state index < -0.39 is 6.16 Å². The zero-order valence-electron chi connectivity index (χ0n) is 18.1. The van der Waals surface area contributed by atoms with E-state index in [0.717, 1.165) is 50.7 Å². The Morgan fingerprint density at radius 1 is 1.09 bits per heavy atom. The minimum absolute atomic E-state index is 0.465. The Morgan fingerprint density at radius 2 is 1.82 bits per heavy atom. The largest absolute Gasteiger partial charge is 0.503 e. The lowest BCUT2D eigenvalue weighted by molar-refractivity contribution is 0.137. The van der Waals surface area contributed by atoms with Gasteiger partial charge in [-0.25, -0.2) is 14.8 Å². The fraction of sp³-hybridized carbons (Fsp3) is 0.435. The van der Waals surface area contributed by atoms with E-state index in [2.05, 4.69) is 17.4 Å². The number of hydrogen-bond donors (Lipinski definition) is 3. The van der Waals surface area contributed by atoms with Crippen molar-refractivity contribution in [2.75, 3.05) is 25.1 Å². The van der Waals surface area contributed by atoms with E-state index >= 15 is 0 Å². The van der Waals surface area contributed by atoms with Crippen LogP contribution in [0.25, 0.3) is 10.2 Å². The van der Waals surface area contributed by atoms with E-state index in [9.17, 15) is 0 Å². The van der Waals surface area contributed by atoms with E-state index in [0.29, 0.717) is 19.1 Å². The molecular formula is C23H26ClN3O5S. The van der Waals surface area contributed by atoms with Crippen molar-refractivity contribution < 1.29 is 24.5 Å². The van der Waals surface area contributed by atoms with E-state index in [1.165, 1.54) is 49.0 Å². The molecule has 1 aliphatic carbocycles. The Morgan fingerprint density at radius 3 is 2.58 bits per heavy atom. The number of fused-ring (bicyclic) bond motifs is 2. The zero-order valence-corrected chi connectivity index (χ0v) is 19.6. The Hall–Kier alpha value is -2.78. The van der Waals surface area contributed by atoms with Gasteiger partial charge in [0, 0.05) is 12.5 Å². The summed E-state index contributed by atoms with van der Waals surface area (Å²) in [7, 11) is 0. The summed E-state index contributed by atoms with van der Waals surface area (Å²) in [6, 6.07) is 8.13. The van der Waals surface area contributed by atoms with Gasteiger partial charge in [0.2, 0.25) is 0 Å². The van der Waals surface area contributed by atoms with Crippen molar-refractivity contribution >= 4 is 45.1 Å². The molecule has 33 heavy (non-hydrogen) atoms. The molecule has 0 bridgehead atoms. The van der Waals surface area contributed by atoms with Crippen LogP contribution in [0.3, 0.4) is 0 Å². The number of hydrogen-bond acceptors (Lipinski definition) is 7. The van der Waals surface area contributed by atoms with Gasteiger partial charge >= 0.3 is 6.16 Å². The molecule has 8 nitrogen and oxygen atoms in total. The second-order valence-corrected chi connectivity index (χ2v) is 9.63. The van der Waals surface area contributed by atoms with Crippen LogP contribution in [0.15, 0.2) is 24.3 Å². The van der Waals surface area contributed by atoms with Crippen LogP contribution in [0.5, 0.6) is 11.5 Å². The second-order valence-electron chi connectivity index (χ2n) is 7.97. The predicted molar refractivity (Wildman–Crippen MR) is 129 cm³/mol. The molecule has 1 fully saturated rings. The van der Waals surface area contributed by atoms with Crippen LogP contribution < -0.4 is 14.8 Å². The first-order chi connectivity index (χ1) is 16.0. The number of benzene rings is 1. The maximum absolute atomic E-state index is 8.56. The van der Waals surface area contributed by atoms with Gasteiger partial charge in [0.25, 0.3) is 0 Å². The molecule has 10 heteroatoms. The summed E-state index contributed by atoms with van der Waals surface area (Å²) in [6.45, 7) is 2.00. The highest BCUT2D eigenvalue weighted by atomic mass is 35.5. The normalized spacial score (nSPS) is 15.5. The van der Waals surface area contributed by atoms with Crippen molar-refractivity contribution in [1.82, 2.24) is 9.97 Å². The van der Waals surface area contributed by atoms with Crippen molar-refractivity contribution in [2.45, 2.75) is 44.4 Å². The van der Waals surface area contributed by atoms with Gasteiger partial charge in [-0.1, -0.05) is 36.9 Å². The van der Waals surface area contributed by atoms with E-state index in [4.69, 9.17) is 46.1 Å². The summed E-state index contributed by atoms with van der Waals surface area (Å²) in [6.07, 6.45) is 5.26. The van der Waals surface area contributed by atoms with Crippen LogP contribution >= 0.6 is 22.9 Å². The molecule has 5 rings (SSSR count). The van der Waals surface area contributed by atoms with Crippen molar-refractivity contribution in [3.05, 3.63) is 40.0 Å². The Kier molecular flexibility index (Phi) is 7.72. The molecule has 0 atom stereocenters. The topological polar surface area (TPSA) is 114 Å². The molecule has 3 heterocycles. The molecule has 3 aromatic rings. The molecule has 0 saturated heterocycles. The molecule has 2 aromatic heterocycles. The predicted octanol–water partition coefficient (Wildman–Crippen LogP) is 6.04. The third kappa shape index (κ3) is 6.17. The highest BCUT2D eigenvalue weighted by molar-refractivity contribution is 7.22. The quantitative estimate of drug-likeness (QED) is 0.395. The average Bonchev–Trinajstić information content (AvgIpc) is 3.19. The minimum atomic E-state index is -1.83. The number of aromatic nitrogens is 2. The van der Waals surface area contributed by atoms with Crippen LogP contribution in [0.2, 0.25) is 4.34 Å². The number of nitrogens with zero attached hydrogens (tertiary/aromatic N) is 2. The van der Waals surface area contributed by atoms with E-state index in [1.54, 1.807) is 0 Å². The van der Waals surface area contributed by atoms with Gasteiger partial charge in [-0.2, -0.15) is 0 Å². The SMILES string of the molecule is Clc1cc2c(NCCc3ccc4c(c3)OCCO4)nc(C3CCCCC3)nc2s1.O=C(O)O. The van der Waals surface area contributed by atoms with Gasteiger partial charge < -0.3 is 25.0 Å². The first-order valence-electron chi connectivity index (χ1n) is 11.0. The number of ether oxygens (including phenoxy) is 2. The Bertz CT molecular complexity index is 1110. The van der Waals surface area contributed by atoms with Gasteiger partial charge in [-0.15, -0.1) is 11.3 Å². The zero-order chi connectivity index (χ0) is 23.2. The molecule has 2 aliphatic rings. The highest BCUT2D eigenvalue weighted by Gasteiger charge is 2.21. The number of thiophene rings is 1. The van der Waals surface area contributed by atoms with Crippen molar-refractivity contribution in [2.24, 2.45) is 0 Å². The lowest BCUT2D eigenvalue weighted by Gasteiger charge is -2.21. The number of carbonyl (C=O) groups is 1. The summed E-state index contributed by atoms with van der Waals surface area (Å²) < 4.78 is 12.1. The molecule has 0 radical (unpaired) electrons. The maximum atomic E-state index is 8.56. The van der Waals surface area contributed by atoms with E-state index in [-0.39, 0.29) is 0 Å². The molecule has 1 aromatic carbocycles. The number of halogens is 1. The first-order valence-corrected chi connectivity index (χ1v) is 12.2. The maximum Gasteiger partial charge on any atom is 0.503 e. The van der Waals surface area contributed by atoms with Gasteiger partial charge in [-0.05, 0) is 43.0 Å². The molecule has 3 N–H and O–H groups in total. The summed E-state index contributed by atoms with van der Waals surface area (Å²) in [5.41, 5.74) is 1.21. The second kappa shape index (κ2) is 10.9. The van der Waals surface area contributed by atoms with Crippen LogP contribution in [0, 0.1) is 0 Å².